The number of aromatic nitrogens is 3. The third-order valence-electron chi connectivity index (χ3n) is 6.14. The van der Waals surface area contributed by atoms with Crippen molar-refractivity contribution in [2.75, 3.05) is 27.4 Å². The zero-order chi connectivity index (χ0) is 24.9. The van der Waals surface area contributed by atoms with Crippen LogP contribution in [0.15, 0.2) is 72.8 Å². The van der Waals surface area contributed by atoms with Gasteiger partial charge in [-0.15, -0.1) is 0 Å². The van der Waals surface area contributed by atoms with E-state index in [1.54, 1.807) is 20.3 Å². The van der Waals surface area contributed by atoms with Gasteiger partial charge in [0.15, 0.2) is 0 Å². The monoisotopic (exact) mass is 478 g/mol. The maximum atomic E-state index is 9.62. The van der Waals surface area contributed by atoms with Crippen LogP contribution in [0.5, 0.6) is 11.6 Å². The van der Waals surface area contributed by atoms with Crippen LogP contribution in [0.25, 0.3) is 27.8 Å². The molecule has 0 aliphatic heterocycles. The molecule has 2 heterocycles. The maximum absolute atomic E-state index is 9.62. The van der Waals surface area contributed by atoms with Gasteiger partial charge in [-0.25, -0.2) is 14.5 Å². The molecule has 3 aromatic carbocycles. The first-order chi connectivity index (χ1) is 17.7. The summed E-state index contributed by atoms with van der Waals surface area (Å²) < 4.78 is 18.8. The van der Waals surface area contributed by atoms with Gasteiger partial charge >= 0.3 is 0 Å². The van der Waals surface area contributed by atoms with E-state index in [0.29, 0.717) is 36.4 Å². The smallest absolute Gasteiger partial charge is 0.237 e. The predicted molar refractivity (Wildman–Crippen MR) is 139 cm³/mol. The molecule has 0 N–H and O–H groups in total. The van der Waals surface area contributed by atoms with Crippen LogP contribution in [0.4, 0.5) is 0 Å². The lowest BCUT2D eigenvalue weighted by Crippen LogP contribution is -2.09. The van der Waals surface area contributed by atoms with Crippen molar-refractivity contribution < 1.29 is 14.2 Å². The summed E-state index contributed by atoms with van der Waals surface area (Å²) in [4.78, 5) is 9.97. The number of benzene rings is 3. The molecule has 0 bridgehead atoms. The summed E-state index contributed by atoms with van der Waals surface area (Å²) in [5.41, 5.74) is 4.25. The fourth-order valence-corrected chi connectivity index (χ4v) is 4.39. The van der Waals surface area contributed by atoms with E-state index in [1.165, 1.54) is 5.56 Å². The van der Waals surface area contributed by atoms with Crippen LogP contribution < -0.4 is 9.47 Å². The van der Waals surface area contributed by atoms with Gasteiger partial charge in [-0.05, 0) is 36.6 Å². The Hall–Kier alpha value is -4.41. The molecule has 0 aliphatic rings. The first-order valence-corrected chi connectivity index (χ1v) is 11.8. The molecule has 36 heavy (non-hydrogen) atoms. The van der Waals surface area contributed by atoms with Crippen molar-refractivity contribution in [1.29, 1.82) is 5.26 Å². The van der Waals surface area contributed by atoms with Gasteiger partial charge in [0, 0.05) is 23.9 Å². The number of hydrogen-bond acceptors (Lipinski definition) is 6. The quantitative estimate of drug-likeness (QED) is 0.269. The Balaban J connectivity index is 1.70. The van der Waals surface area contributed by atoms with Crippen molar-refractivity contribution in [2.24, 2.45) is 0 Å². The second-order valence-electron chi connectivity index (χ2n) is 8.32. The van der Waals surface area contributed by atoms with E-state index in [0.717, 1.165) is 40.3 Å². The van der Waals surface area contributed by atoms with E-state index >= 15 is 0 Å². The van der Waals surface area contributed by atoms with Gasteiger partial charge < -0.3 is 14.2 Å². The summed E-state index contributed by atoms with van der Waals surface area (Å²) >= 11 is 0. The van der Waals surface area contributed by atoms with E-state index in [1.807, 2.05) is 59.2 Å². The van der Waals surface area contributed by atoms with Gasteiger partial charge in [0.2, 0.25) is 11.8 Å². The standard InChI is InChI=1S/C29H26N4O3/c1-34-16-17-36-26-13-7-11-22-24(15-14-20-8-4-3-5-9-20)31-29(32-28(22)26)33-25-12-6-10-21(19-30)23(25)18-27(33)35-2/h3-13,18H,14-17H2,1-2H3. The van der Waals surface area contributed by atoms with E-state index in [9.17, 15) is 5.26 Å². The normalized spacial score (nSPS) is 11.0. The fourth-order valence-electron chi connectivity index (χ4n) is 4.39. The predicted octanol–water partition coefficient (Wildman–Crippen LogP) is 5.26. The Labute approximate surface area is 209 Å². The van der Waals surface area contributed by atoms with E-state index in [2.05, 4.69) is 18.2 Å². The number of rotatable bonds is 9. The van der Waals surface area contributed by atoms with Gasteiger partial charge in [-0.3, -0.25) is 0 Å². The number of nitriles is 1. The minimum Gasteiger partial charge on any atom is -0.489 e. The summed E-state index contributed by atoms with van der Waals surface area (Å²) in [5.74, 6) is 1.69. The maximum Gasteiger partial charge on any atom is 0.237 e. The molecule has 0 unspecified atom stereocenters. The fraction of sp³-hybridized carbons (Fsp3) is 0.207. The molecule has 0 atom stereocenters. The van der Waals surface area contributed by atoms with Gasteiger partial charge in [-0.2, -0.15) is 5.26 Å². The Bertz CT molecular complexity index is 1550. The van der Waals surface area contributed by atoms with Crippen LogP contribution in [0.2, 0.25) is 0 Å². The summed E-state index contributed by atoms with van der Waals surface area (Å²) in [6.07, 6.45) is 1.56. The molecule has 0 spiro atoms. The Morgan fingerprint density at radius 2 is 1.69 bits per heavy atom. The van der Waals surface area contributed by atoms with E-state index in [4.69, 9.17) is 24.2 Å². The molecule has 7 heteroatoms. The van der Waals surface area contributed by atoms with Gasteiger partial charge in [-0.1, -0.05) is 48.5 Å². The molecule has 0 saturated heterocycles. The second kappa shape index (κ2) is 10.5. The molecule has 7 nitrogen and oxygen atoms in total. The third kappa shape index (κ3) is 4.47. The topological polar surface area (TPSA) is 82.2 Å². The van der Waals surface area contributed by atoms with Crippen molar-refractivity contribution >= 4 is 21.8 Å². The molecule has 0 fully saturated rings. The highest BCUT2D eigenvalue weighted by Gasteiger charge is 2.19. The summed E-state index contributed by atoms with van der Waals surface area (Å²) in [5, 5.41) is 11.4. The largest absolute Gasteiger partial charge is 0.489 e. The molecule has 0 aliphatic carbocycles. The highest BCUT2D eigenvalue weighted by atomic mass is 16.5. The third-order valence-corrected chi connectivity index (χ3v) is 6.14. The van der Waals surface area contributed by atoms with Crippen LogP contribution in [0.3, 0.4) is 0 Å². The molecular formula is C29H26N4O3. The summed E-state index contributed by atoms with van der Waals surface area (Å²) in [6, 6.07) is 26.0. The molecular weight excluding hydrogens is 452 g/mol. The first-order valence-electron chi connectivity index (χ1n) is 11.8. The molecule has 5 rings (SSSR count). The molecule has 180 valence electrons. The van der Waals surface area contributed by atoms with E-state index in [-0.39, 0.29) is 0 Å². The van der Waals surface area contributed by atoms with Crippen LogP contribution in [0, 0.1) is 11.3 Å². The minimum atomic E-state index is 0.412. The number of para-hydroxylation sites is 1. The average Bonchev–Trinajstić information content (AvgIpc) is 3.31. The van der Waals surface area contributed by atoms with Gasteiger partial charge in [0.1, 0.15) is 17.9 Å². The van der Waals surface area contributed by atoms with Crippen molar-refractivity contribution in [1.82, 2.24) is 14.5 Å². The van der Waals surface area contributed by atoms with Crippen LogP contribution in [0.1, 0.15) is 16.8 Å². The lowest BCUT2D eigenvalue weighted by atomic mass is 10.0. The summed E-state index contributed by atoms with van der Waals surface area (Å²) in [7, 11) is 3.25. The Kier molecular flexibility index (Phi) is 6.78. The Morgan fingerprint density at radius 1 is 0.861 bits per heavy atom. The SMILES string of the molecule is COCCOc1cccc2c(CCc3ccccc3)nc(-n3c(OC)cc4c(C#N)cccc43)nc12. The van der Waals surface area contributed by atoms with Gasteiger partial charge in [0.25, 0.3) is 0 Å². The van der Waals surface area contributed by atoms with Gasteiger partial charge in [0.05, 0.1) is 36.6 Å². The van der Waals surface area contributed by atoms with Crippen molar-refractivity contribution in [2.45, 2.75) is 12.8 Å². The number of methoxy groups -OCH3 is 2. The first kappa shape index (κ1) is 23.3. The number of fused-ring (bicyclic) bond motifs is 2. The lowest BCUT2D eigenvalue weighted by molar-refractivity contribution is 0.147. The Morgan fingerprint density at radius 3 is 2.47 bits per heavy atom. The zero-order valence-corrected chi connectivity index (χ0v) is 20.3. The van der Waals surface area contributed by atoms with Crippen LogP contribution in [-0.2, 0) is 17.6 Å². The van der Waals surface area contributed by atoms with Crippen LogP contribution in [-0.4, -0.2) is 42.0 Å². The highest BCUT2D eigenvalue weighted by molar-refractivity contribution is 5.90. The van der Waals surface area contributed by atoms with Crippen molar-refractivity contribution in [3.63, 3.8) is 0 Å². The van der Waals surface area contributed by atoms with Crippen molar-refractivity contribution in [3.8, 4) is 23.6 Å². The second-order valence-corrected chi connectivity index (χ2v) is 8.32. The molecule has 0 radical (unpaired) electrons. The molecule has 2 aromatic heterocycles. The zero-order valence-electron chi connectivity index (χ0n) is 20.3. The molecule has 0 amide bonds. The molecule has 5 aromatic rings. The lowest BCUT2D eigenvalue weighted by Gasteiger charge is -2.15. The molecule has 0 saturated carbocycles. The number of aryl methyl sites for hydroxylation is 2. The van der Waals surface area contributed by atoms with Crippen molar-refractivity contribution in [3.05, 3.63) is 89.6 Å². The van der Waals surface area contributed by atoms with Crippen LogP contribution >= 0.6 is 0 Å². The number of nitrogens with zero attached hydrogens (tertiary/aromatic N) is 4. The number of hydrogen-bond donors (Lipinski definition) is 0. The average molecular weight is 479 g/mol. The highest BCUT2D eigenvalue weighted by Crippen LogP contribution is 2.33. The minimum absolute atomic E-state index is 0.412. The number of ether oxygens (including phenoxy) is 3. The van der Waals surface area contributed by atoms with E-state index < -0.39 is 0 Å². The summed E-state index contributed by atoms with van der Waals surface area (Å²) in [6.45, 7) is 0.887.